The average molecular weight is 313 g/mol. The summed E-state index contributed by atoms with van der Waals surface area (Å²) in [6, 6.07) is 6.83. The zero-order chi connectivity index (χ0) is 13.6. The molecule has 0 saturated carbocycles. The molecule has 7 heteroatoms. The molecule has 0 fully saturated rings. The largest absolute Gasteiger partial charge is 0.287 e. The first-order chi connectivity index (χ1) is 8.96. The molecular formula is C12H11NO3S3. The van der Waals surface area contributed by atoms with Crippen molar-refractivity contribution >= 4 is 32.7 Å². The normalized spacial score (nSPS) is 15.6. The first-order valence-electron chi connectivity index (χ1n) is 5.65. The average Bonchev–Trinajstić information content (AvgIpc) is 2.87. The van der Waals surface area contributed by atoms with Crippen LogP contribution >= 0.6 is 22.7 Å². The van der Waals surface area contributed by atoms with Crippen LogP contribution in [0.1, 0.15) is 15.3 Å². The number of aryl methyl sites for hydroxylation is 1. The Labute approximate surface area is 119 Å². The smallest absolute Gasteiger partial charge is 0.265 e. The molecule has 0 amide bonds. The number of sulfonamides is 1. The van der Waals surface area contributed by atoms with E-state index in [2.05, 4.69) is 0 Å². The van der Waals surface area contributed by atoms with Gasteiger partial charge in [0.1, 0.15) is 0 Å². The van der Waals surface area contributed by atoms with E-state index < -0.39 is 10.0 Å². The molecule has 1 aromatic carbocycles. The van der Waals surface area contributed by atoms with Gasteiger partial charge < -0.3 is 0 Å². The van der Waals surface area contributed by atoms with Crippen LogP contribution in [-0.4, -0.2) is 12.7 Å². The highest BCUT2D eigenvalue weighted by Crippen LogP contribution is 2.32. The molecule has 0 spiro atoms. The molecule has 1 aromatic heterocycles. The van der Waals surface area contributed by atoms with Gasteiger partial charge in [-0.05, 0) is 19.1 Å². The van der Waals surface area contributed by atoms with Crippen molar-refractivity contribution in [2.24, 2.45) is 0 Å². The molecule has 0 atom stereocenters. The third kappa shape index (κ3) is 2.27. The molecule has 4 nitrogen and oxygen atoms in total. The van der Waals surface area contributed by atoms with Gasteiger partial charge in [-0.2, -0.15) is 4.31 Å². The molecule has 0 bridgehead atoms. The van der Waals surface area contributed by atoms with Crippen molar-refractivity contribution in [3.05, 3.63) is 48.4 Å². The van der Waals surface area contributed by atoms with Crippen LogP contribution in [0.25, 0.3) is 0 Å². The van der Waals surface area contributed by atoms with E-state index in [-0.39, 0.29) is 4.06 Å². The highest BCUT2D eigenvalue weighted by atomic mass is 32.2. The molecule has 0 saturated heterocycles. The summed E-state index contributed by atoms with van der Waals surface area (Å²) in [7, 11) is -3.46. The third-order valence-corrected chi connectivity index (χ3v) is 7.04. The third-order valence-electron chi connectivity index (χ3n) is 3.02. The molecule has 1 aliphatic heterocycles. The molecule has 19 heavy (non-hydrogen) atoms. The van der Waals surface area contributed by atoms with Crippen LogP contribution in [0.3, 0.4) is 0 Å². The minimum absolute atomic E-state index is 0.0392. The van der Waals surface area contributed by atoms with Crippen molar-refractivity contribution in [3.8, 4) is 0 Å². The quantitative estimate of drug-likeness (QED) is 0.854. The lowest BCUT2D eigenvalue weighted by molar-refractivity contribution is 0.434. The summed E-state index contributed by atoms with van der Waals surface area (Å²) in [5.74, 6) is 0. The zero-order valence-electron chi connectivity index (χ0n) is 10.1. The predicted molar refractivity (Wildman–Crippen MR) is 76.1 cm³/mol. The molecule has 1 aliphatic rings. The van der Waals surface area contributed by atoms with E-state index in [0.29, 0.717) is 18.0 Å². The van der Waals surface area contributed by atoms with Crippen LogP contribution in [0.15, 0.2) is 34.0 Å². The van der Waals surface area contributed by atoms with Gasteiger partial charge in [0, 0.05) is 9.75 Å². The van der Waals surface area contributed by atoms with Crippen molar-refractivity contribution in [2.75, 3.05) is 0 Å². The second-order valence-electron chi connectivity index (χ2n) is 4.39. The molecule has 2 aromatic rings. The molecular weight excluding hydrogens is 302 g/mol. The molecule has 0 unspecified atom stereocenters. The van der Waals surface area contributed by atoms with Gasteiger partial charge >= 0.3 is 0 Å². The SMILES string of the molecule is Cc1ccc(S(=O)(=O)N2Cc3sc(=O)sc3C2)cc1. The van der Waals surface area contributed by atoms with E-state index in [1.165, 1.54) is 4.31 Å². The van der Waals surface area contributed by atoms with Crippen LogP contribution in [0.5, 0.6) is 0 Å². The van der Waals surface area contributed by atoms with Gasteiger partial charge in [0.2, 0.25) is 10.0 Å². The van der Waals surface area contributed by atoms with Gasteiger partial charge in [-0.15, -0.1) is 0 Å². The Morgan fingerprint density at radius 3 is 2.11 bits per heavy atom. The minimum Gasteiger partial charge on any atom is -0.265 e. The maximum atomic E-state index is 12.5. The number of hydrogen-bond acceptors (Lipinski definition) is 5. The van der Waals surface area contributed by atoms with E-state index in [1.54, 1.807) is 24.3 Å². The van der Waals surface area contributed by atoms with Crippen molar-refractivity contribution in [2.45, 2.75) is 24.9 Å². The van der Waals surface area contributed by atoms with Gasteiger partial charge in [-0.1, -0.05) is 40.4 Å². The molecule has 2 heterocycles. The van der Waals surface area contributed by atoms with Gasteiger partial charge in [0.25, 0.3) is 4.06 Å². The summed E-state index contributed by atoms with van der Waals surface area (Å²) < 4.78 is 26.4. The number of rotatable bonds is 2. The van der Waals surface area contributed by atoms with Crippen LogP contribution in [0, 0.1) is 6.92 Å². The van der Waals surface area contributed by atoms with Gasteiger partial charge in [0.05, 0.1) is 18.0 Å². The Hall–Kier alpha value is -1.02. The van der Waals surface area contributed by atoms with Crippen LogP contribution in [0.2, 0.25) is 0 Å². The topological polar surface area (TPSA) is 54.5 Å². The van der Waals surface area contributed by atoms with E-state index >= 15 is 0 Å². The summed E-state index contributed by atoms with van der Waals surface area (Å²) >= 11 is 2.30. The second kappa shape index (κ2) is 4.52. The summed E-state index contributed by atoms with van der Waals surface area (Å²) in [6.07, 6.45) is 0. The summed E-state index contributed by atoms with van der Waals surface area (Å²) in [6.45, 7) is 2.55. The lowest BCUT2D eigenvalue weighted by Crippen LogP contribution is -2.25. The van der Waals surface area contributed by atoms with Crippen molar-refractivity contribution in [1.82, 2.24) is 4.31 Å². The highest BCUT2D eigenvalue weighted by Gasteiger charge is 2.32. The number of nitrogens with zero attached hydrogens (tertiary/aromatic N) is 1. The van der Waals surface area contributed by atoms with E-state index in [1.807, 2.05) is 6.92 Å². The van der Waals surface area contributed by atoms with Crippen LogP contribution in [-0.2, 0) is 23.1 Å². The van der Waals surface area contributed by atoms with E-state index in [4.69, 9.17) is 0 Å². The zero-order valence-corrected chi connectivity index (χ0v) is 12.6. The second-order valence-corrected chi connectivity index (χ2v) is 8.72. The van der Waals surface area contributed by atoms with E-state index in [9.17, 15) is 13.2 Å². The van der Waals surface area contributed by atoms with Gasteiger partial charge in [0.15, 0.2) is 0 Å². The Bertz CT molecular complexity index is 745. The molecule has 3 rings (SSSR count). The number of hydrogen-bond donors (Lipinski definition) is 0. The van der Waals surface area contributed by atoms with Crippen molar-refractivity contribution < 1.29 is 8.42 Å². The molecule has 0 radical (unpaired) electrons. The first kappa shape index (κ1) is 13.0. The van der Waals surface area contributed by atoms with Gasteiger partial charge in [-0.25, -0.2) is 8.42 Å². The Morgan fingerprint density at radius 1 is 1.05 bits per heavy atom. The maximum absolute atomic E-state index is 12.5. The first-order valence-corrected chi connectivity index (χ1v) is 8.72. The fourth-order valence-electron chi connectivity index (χ4n) is 1.98. The number of fused-ring (bicyclic) bond motifs is 1. The Kier molecular flexibility index (Phi) is 3.09. The lowest BCUT2D eigenvalue weighted by Gasteiger charge is -2.15. The fourth-order valence-corrected chi connectivity index (χ4v) is 5.74. The monoisotopic (exact) mass is 313 g/mol. The molecule has 100 valence electrons. The van der Waals surface area contributed by atoms with Crippen molar-refractivity contribution in [1.29, 1.82) is 0 Å². The van der Waals surface area contributed by atoms with Gasteiger partial charge in [-0.3, -0.25) is 4.79 Å². The molecule has 0 N–H and O–H groups in total. The van der Waals surface area contributed by atoms with Crippen LogP contribution < -0.4 is 4.06 Å². The summed E-state index contributed by atoms with van der Waals surface area (Å²) in [5.41, 5.74) is 1.03. The number of benzene rings is 1. The Balaban J connectivity index is 1.93. The fraction of sp³-hybridized carbons (Fsp3) is 0.250. The lowest BCUT2D eigenvalue weighted by atomic mass is 10.2. The standard InChI is InChI=1S/C12H11NO3S3/c1-8-2-4-9(5-3-8)19(15,16)13-6-10-11(7-13)18-12(14)17-10/h2-5H,6-7H2,1H3. The molecule has 0 aliphatic carbocycles. The minimum atomic E-state index is -3.46. The highest BCUT2D eigenvalue weighted by molar-refractivity contribution is 7.89. The summed E-state index contributed by atoms with van der Waals surface area (Å²) in [4.78, 5) is 13.3. The predicted octanol–water partition coefficient (Wildman–Crippen LogP) is 2.18. The van der Waals surface area contributed by atoms with Crippen molar-refractivity contribution in [3.63, 3.8) is 0 Å². The summed E-state index contributed by atoms with van der Waals surface area (Å²) in [5, 5.41) is 0. The Morgan fingerprint density at radius 2 is 1.58 bits per heavy atom. The maximum Gasteiger partial charge on any atom is 0.287 e. The van der Waals surface area contributed by atoms with Crippen LogP contribution in [0.4, 0.5) is 0 Å². The van der Waals surface area contributed by atoms with E-state index in [0.717, 1.165) is 38.0 Å².